The Labute approximate surface area is 175 Å². The van der Waals surface area contributed by atoms with Crippen LogP contribution in [0.5, 0.6) is 0 Å². The van der Waals surface area contributed by atoms with Gasteiger partial charge in [0.25, 0.3) is 11.5 Å². The molecule has 0 atom stereocenters. The maximum Gasteiger partial charge on any atom is 0.253 e. The van der Waals surface area contributed by atoms with E-state index in [1.54, 1.807) is 13.0 Å². The Morgan fingerprint density at radius 2 is 1.87 bits per heavy atom. The summed E-state index contributed by atoms with van der Waals surface area (Å²) in [6.07, 6.45) is 3.51. The summed E-state index contributed by atoms with van der Waals surface area (Å²) < 4.78 is 1.97. The van der Waals surface area contributed by atoms with Gasteiger partial charge in [0, 0.05) is 48.4 Å². The van der Waals surface area contributed by atoms with Gasteiger partial charge in [-0.1, -0.05) is 12.1 Å². The highest BCUT2D eigenvalue weighted by atomic mass is 16.2. The number of nitrogens with zero attached hydrogens (tertiary/aromatic N) is 4. The number of nitrogens with one attached hydrogen (secondary N) is 1. The number of carbonyl (C=O) groups excluding carboxylic acids is 1. The van der Waals surface area contributed by atoms with Crippen LogP contribution in [0.2, 0.25) is 0 Å². The fourth-order valence-corrected chi connectivity index (χ4v) is 4.21. The molecule has 1 aliphatic heterocycles. The first-order valence-corrected chi connectivity index (χ1v) is 10.5. The van der Waals surface area contributed by atoms with Crippen LogP contribution in [0.4, 0.5) is 0 Å². The maximum absolute atomic E-state index is 13.0. The minimum Gasteiger partial charge on any atom is -0.339 e. The molecule has 0 bridgehead atoms. The summed E-state index contributed by atoms with van der Waals surface area (Å²) in [6.45, 7) is 8.10. The Morgan fingerprint density at radius 1 is 1.17 bits per heavy atom. The number of aryl methyl sites for hydroxylation is 2. The van der Waals surface area contributed by atoms with Crippen molar-refractivity contribution in [2.75, 3.05) is 13.1 Å². The summed E-state index contributed by atoms with van der Waals surface area (Å²) in [5.74, 6) is 0.905. The average Bonchev–Trinajstić information content (AvgIpc) is 3.13. The smallest absolute Gasteiger partial charge is 0.253 e. The van der Waals surface area contributed by atoms with Crippen molar-refractivity contribution in [2.24, 2.45) is 0 Å². The molecule has 1 aliphatic rings. The minimum absolute atomic E-state index is 0.0519. The van der Waals surface area contributed by atoms with Gasteiger partial charge in [0.15, 0.2) is 0 Å². The number of piperidine rings is 1. The fraction of sp³-hybridized carbons (Fsp3) is 0.391. The number of aromatic nitrogens is 4. The Kier molecular flexibility index (Phi) is 5.53. The highest BCUT2D eigenvalue weighted by Crippen LogP contribution is 2.28. The van der Waals surface area contributed by atoms with Crippen molar-refractivity contribution in [3.05, 3.63) is 69.7 Å². The number of aromatic amines is 1. The third kappa shape index (κ3) is 3.92. The fourth-order valence-electron chi connectivity index (χ4n) is 4.21. The predicted molar refractivity (Wildman–Crippen MR) is 116 cm³/mol. The second-order valence-corrected chi connectivity index (χ2v) is 7.86. The van der Waals surface area contributed by atoms with Gasteiger partial charge in [0.2, 0.25) is 0 Å². The van der Waals surface area contributed by atoms with Crippen LogP contribution < -0.4 is 5.56 Å². The number of hydrogen-bond acceptors (Lipinski definition) is 4. The summed E-state index contributed by atoms with van der Waals surface area (Å²) in [5, 5.41) is 4.40. The van der Waals surface area contributed by atoms with E-state index in [2.05, 4.69) is 28.9 Å². The van der Waals surface area contributed by atoms with E-state index in [1.807, 2.05) is 40.0 Å². The zero-order valence-corrected chi connectivity index (χ0v) is 17.7. The summed E-state index contributed by atoms with van der Waals surface area (Å²) >= 11 is 0. The first-order valence-electron chi connectivity index (χ1n) is 10.5. The van der Waals surface area contributed by atoms with E-state index in [-0.39, 0.29) is 17.4 Å². The first-order chi connectivity index (χ1) is 14.5. The number of hydrogen-bond donors (Lipinski definition) is 1. The second-order valence-electron chi connectivity index (χ2n) is 7.86. The van der Waals surface area contributed by atoms with Gasteiger partial charge in [0.05, 0.1) is 11.9 Å². The van der Waals surface area contributed by atoms with Crippen molar-refractivity contribution in [1.29, 1.82) is 0 Å². The molecule has 1 aromatic carbocycles. The Morgan fingerprint density at radius 3 is 2.47 bits per heavy atom. The molecule has 3 heterocycles. The molecule has 2 aromatic heterocycles. The van der Waals surface area contributed by atoms with E-state index < -0.39 is 0 Å². The van der Waals surface area contributed by atoms with Gasteiger partial charge < -0.3 is 9.88 Å². The highest BCUT2D eigenvalue weighted by Gasteiger charge is 2.25. The van der Waals surface area contributed by atoms with Gasteiger partial charge in [-0.2, -0.15) is 5.10 Å². The van der Waals surface area contributed by atoms with Crippen molar-refractivity contribution < 1.29 is 4.79 Å². The molecule has 1 N–H and O–H groups in total. The third-order valence-corrected chi connectivity index (χ3v) is 5.93. The monoisotopic (exact) mass is 405 g/mol. The van der Waals surface area contributed by atoms with E-state index in [0.29, 0.717) is 24.5 Å². The number of amides is 1. The normalized spacial score (nSPS) is 14.8. The summed E-state index contributed by atoms with van der Waals surface area (Å²) in [7, 11) is 0. The van der Waals surface area contributed by atoms with Gasteiger partial charge in [-0.3, -0.25) is 14.3 Å². The van der Waals surface area contributed by atoms with E-state index in [0.717, 1.165) is 41.9 Å². The zero-order valence-electron chi connectivity index (χ0n) is 17.7. The molecule has 0 aliphatic carbocycles. The van der Waals surface area contributed by atoms with Crippen molar-refractivity contribution in [1.82, 2.24) is 24.6 Å². The van der Waals surface area contributed by atoms with Crippen LogP contribution >= 0.6 is 0 Å². The number of benzene rings is 1. The molecule has 7 heteroatoms. The molecule has 1 fully saturated rings. The van der Waals surface area contributed by atoms with E-state index in [1.165, 1.54) is 0 Å². The van der Waals surface area contributed by atoms with Crippen LogP contribution in [0.25, 0.3) is 11.1 Å². The third-order valence-electron chi connectivity index (χ3n) is 5.93. The Hall–Kier alpha value is -3.22. The largest absolute Gasteiger partial charge is 0.339 e. The standard InChI is InChI=1S/C23H27N5O2/c1-4-28-15(2)20(14-24-28)17-5-7-19(8-6-17)23(30)27-11-9-18(10-12-27)21-13-22(29)26-16(3)25-21/h5-8,13-14,18H,4,9-12H2,1-3H3,(H,25,26,29). The number of likely N-dealkylation sites (tertiary alicyclic amines) is 1. The lowest BCUT2D eigenvalue weighted by atomic mass is 9.92. The highest BCUT2D eigenvalue weighted by molar-refractivity contribution is 5.94. The minimum atomic E-state index is -0.115. The van der Waals surface area contributed by atoms with E-state index >= 15 is 0 Å². The predicted octanol–water partition coefficient (Wildman–Crippen LogP) is 3.29. The number of carbonyl (C=O) groups is 1. The topological polar surface area (TPSA) is 83.9 Å². The van der Waals surface area contributed by atoms with E-state index in [4.69, 9.17) is 0 Å². The van der Waals surface area contributed by atoms with Gasteiger partial charge in [-0.05, 0) is 51.3 Å². The van der Waals surface area contributed by atoms with Gasteiger partial charge >= 0.3 is 0 Å². The molecule has 7 nitrogen and oxygen atoms in total. The van der Waals surface area contributed by atoms with Crippen LogP contribution in [0.1, 0.15) is 53.3 Å². The maximum atomic E-state index is 13.0. The van der Waals surface area contributed by atoms with Crippen LogP contribution in [0.3, 0.4) is 0 Å². The molecule has 4 rings (SSSR count). The summed E-state index contributed by atoms with van der Waals surface area (Å²) in [6, 6.07) is 9.36. The van der Waals surface area contributed by atoms with Gasteiger partial charge in [-0.15, -0.1) is 0 Å². The van der Waals surface area contributed by atoms with Crippen molar-refractivity contribution in [3.8, 4) is 11.1 Å². The van der Waals surface area contributed by atoms with E-state index in [9.17, 15) is 9.59 Å². The van der Waals surface area contributed by atoms with Crippen LogP contribution in [-0.4, -0.2) is 43.6 Å². The lowest BCUT2D eigenvalue weighted by molar-refractivity contribution is 0.0712. The van der Waals surface area contributed by atoms with Crippen LogP contribution in [0.15, 0.2) is 41.3 Å². The van der Waals surface area contributed by atoms with Gasteiger partial charge in [-0.25, -0.2) is 4.98 Å². The zero-order chi connectivity index (χ0) is 21.3. The van der Waals surface area contributed by atoms with Crippen molar-refractivity contribution >= 4 is 5.91 Å². The van der Waals surface area contributed by atoms with Crippen molar-refractivity contribution in [2.45, 2.75) is 46.1 Å². The average molecular weight is 406 g/mol. The molecule has 0 radical (unpaired) electrons. The van der Waals surface area contributed by atoms with Crippen LogP contribution in [0, 0.1) is 13.8 Å². The molecular weight excluding hydrogens is 378 g/mol. The number of rotatable bonds is 4. The molecule has 30 heavy (non-hydrogen) atoms. The van der Waals surface area contributed by atoms with Crippen LogP contribution in [-0.2, 0) is 6.54 Å². The molecule has 1 amide bonds. The summed E-state index contributed by atoms with van der Waals surface area (Å²) in [4.78, 5) is 33.7. The molecular formula is C23H27N5O2. The molecule has 0 saturated carbocycles. The molecule has 0 unspecified atom stereocenters. The SMILES string of the molecule is CCn1ncc(-c2ccc(C(=O)N3CCC(c4cc(=O)[nH]c(C)n4)CC3)cc2)c1C. The molecule has 0 spiro atoms. The lowest BCUT2D eigenvalue weighted by Gasteiger charge is -2.31. The quantitative estimate of drug-likeness (QED) is 0.722. The summed E-state index contributed by atoms with van der Waals surface area (Å²) in [5.41, 5.74) is 4.70. The van der Waals surface area contributed by atoms with Gasteiger partial charge in [0.1, 0.15) is 5.82 Å². The lowest BCUT2D eigenvalue weighted by Crippen LogP contribution is -2.38. The molecule has 3 aromatic rings. The first kappa shape index (κ1) is 20.1. The Balaban J connectivity index is 1.43. The number of H-pyrrole nitrogens is 1. The molecule has 1 saturated heterocycles. The molecule has 156 valence electrons. The Bertz CT molecular complexity index is 1110. The second kappa shape index (κ2) is 8.26. The van der Waals surface area contributed by atoms with Crippen molar-refractivity contribution in [3.63, 3.8) is 0 Å².